The number of rotatable bonds is 4. The number of hydrogen-bond acceptors (Lipinski definition) is 2. The van der Waals surface area contributed by atoms with Crippen molar-refractivity contribution in [2.45, 2.75) is 97.8 Å². The van der Waals surface area contributed by atoms with Crippen LogP contribution in [0.2, 0.25) is 0 Å². The van der Waals surface area contributed by atoms with Gasteiger partial charge in [-0.15, -0.1) is 0 Å². The number of benzene rings is 1. The molecule has 0 radical (unpaired) electrons. The maximum atomic E-state index is 5.16. The summed E-state index contributed by atoms with van der Waals surface area (Å²) < 4.78 is 0. The van der Waals surface area contributed by atoms with Gasteiger partial charge in [-0.25, -0.2) is 0 Å². The number of aliphatic imine (C=N–C) groups is 2. The Morgan fingerprint density at radius 3 is 1.44 bits per heavy atom. The molecule has 1 aromatic rings. The van der Waals surface area contributed by atoms with Crippen LogP contribution in [-0.4, -0.2) is 11.4 Å². The first-order chi connectivity index (χ1) is 12.2. The molecule has 2 saturated carbocycles. The highest BCUT2D eigenvalue weighted by molar-refractivity contribution is 5.91. The average Bonchev–Trinajstić information content (AvgIpc) is 2.67. The van der Waals surface area contributed by atoms with Gasteiger partial charge < -0.3 is 0 Å². The first kappa shape index (κ1) is 18.4. The number of aryl methyl sites for hydroxylation is 2. The predicted molar refractivity (Wildman–Crippen MR) is 110 cm³/mol. The van der Waals surface area contributed by atoms with Crippen LogP contribution in [0, 0.1) is 6.92 Å². The van der Waals surface area contributed by atoms with Gasteiger partial charge in [0.15, 0.2) is 0 Å². The Hall–Kier alpha value is -1.44. The second-order valence-corrected chi connectivity index (χ2v) is 7.70. The molecule has 2 heteroatoms. The summed E-state index contributed by atoms with van der Waals surface area (Å²) in [6.07, 6.45) is 14.8. The molecule has 0 atom stereocenters. The van der Waals surface area contributed by atoms with Crippen molar-refractivity contribution in [3.8, 4) is 0 Å². The lowest BCUT2D eigenvalue weighted by atomic mass is 9.94. The molecule has 0 N–H and O–H groups in total. The van der Waals surface area contributed by atoms with Crippen LogP contribution in [0.15, 0.2) is 16.1 Å². The zero-order chi connectivity index (χ0) is 17.6. The molecule has 2 aliphatic rings. The van der Waals surface area contributed by atoms with Crippen molar-refractivity contribution in [3.63, 3.8) is 0 Å². The average molecular weight is 339 g/mol. The van der Waals surface area contributed by atoms with Crippen molar-refractivity contribution >= 4 is 22.8 Å². The van der Waals surface area contributed by atoms with E-state index in [4.69, 9.17) is 9.98 Å². The van der Waals surface area contributed by atoms with Gasteiger partial charge in [0.2, 0.25) is 0 Å². The van der Waals surface area contributed by atoms with E-state index in [0.717, 1.165) is 12.8 Å². The molecule has 0 saturated heterocycles. The van der Waals surface area contributed by atoms with E-state index in [1.54, 1.807) is 0 Å². The van der Waals surface area contributed by atoms with Gasteiger partial charge in [0.1, 0.15) is 0 Å². The number of hydrogen-bond donors (Lipinski definition) is 0. The minimum Gasteiger partial charge on any atom is -0.257 e. The second kappa shape index (κ2) is 8.78. The summed E-state index contributed by atoms with van der Waals surface area (Å²) in [6, 6.07) is 2.39. The van der Waals surface area contributed by atoms with Crippen LogP contribution >= 0.6 is 0 Å². The summed E-state index contributed by atoms with van der Waals surface area (Å²) >= 11 is 0. The van der Waals surface area contributed by atoms with Crippen LogP contribution in [0.1, 0.15) is 94.7 Å². The summed E-state index contributed by atoms with van der Waals surface area (Å²) in [5, 5.41) is 0. The summed E-state index contributed by atoms with van der Waals surface area (Å²) in [5.74, 6) is 0. The van der Waals surface area contributed by atoms with Gasteiger partial charge in [-0.2, -0.15) is 0 Å². The minimum atomic E-state index is 1.05. The molecule has 0 bridgehead atoms. The molecule has 2 nitrogen and oxygen atoms in total. The van der Waals surface area contributed by atoms with Crippen LogP contribution in [0.5, 0.6) is 0 Å². The van der Waals surface area contributed by atoms with Crippen molar-refractivity contribution < 1.29 is 0 Å². The first-order valence-electron chi connectivity index (χ1n) is 10.5. The fourth-order valence-corrected chi connectivity index (χ4v) is 4.25. The Morgan fingerprint density at radius 2 is 1.08 bits per heavy atom. The van der Waals surface area contributed by atoms with E-state index in [-0.39, 0.29) is 0 Å². The van der Waals surface area contributed by atoms with E-state index in [2.05, 4.69) is 26.8 Å². The zero-order valence-electron chi connectivity index (χ0n) is 16.5. The summed E-state index contributed by atoms with van der Waals surface area (Å²) in [4.78, 5) is 10.3. The molecule has 3 rings (SSSR count). The standard InChI is InChI=1S/C23H34N2/c1-4-18-16-19(5-2)23(25-21-14-10-7-11-15-21)17(3)22(18)24-20-12-8-6-9-13-20/h16H,4-15H2,1-3H3. The smallest absolute Gasteiger partial charge is 0.0711 e. The third kappa shape index (κ3) is 4.40. The van der Waals surface area contributed by atoms with Gasteiger partial charge in [-0.3, -0.25) is 9.98 Å². The molecule has 0 spiro atoms. The Labute approximate surface area is 153 Å². The van der Waals surface area contributed by atoms with Crippen molar-refractivity contribution in [2.75, 3.05) is 0 Å². The third-order valence-corrected chi connectivity index (χ3v) is 5.83. The molecule has 0 aromatic heterocycles. The van der Waals surface area contributed by atoms with Crippen LogP contribution in [0.3, 0.4) is 0 Å². The van der Waals surface area contributed by atoms with Gasteiger partial charge in [-0.1, -0.05) is 32.8 Å². The normalized spacial score (nSPS) is 18.4. The Kier molecular flexibility index (Phi) is 6.45. The van der Waals surface area contributed by atoms with E-state index in [0.29, 0.717) is 0 Å². The van der Waals surface area contributed by atoms with Crippen molar-refractivity contribution in [1.29, 1.82) is 0 Å². The Bertz CT molecular complexity index is 597. The molecule has 0 unspecified atom stereocenters. The van der Waals surface area contributed by atoms with Crippen LogP contribution in [0.4, 0.5) is 11.4 Å². The lowest BCUT2D eigenvalue weighted by Gasteiger charge is -2.19. The minimum absolute atomic E-state index is 1.05. The highest BCUT2D eigenvalue weighted by Gasteiger charge is 2.16. The summed E-state index contributed by atoms with van der Waals surface area (Å²) in [5.41, 5.74) is 9.39. The molecule has 0 heterocycles. The fraction of sp³-hybridized carbons (Fsp3) is 0.652. The van der Waals surface area contributed by atoms with Crippen LogP contribution in [0.25, 0.3) is 0 Å². The van der Waals surface area contributed by atoms with Crippen molar-refractivity contribution in [1.82, 2.24) is 0 Å². The Balaban J connectivity index is 2.05. The van der Waals surface area contributed by atoms with E-state index in [9.17, 15) is 0 Å². The van der Waals surface area contributed by atoms with E-state index < -0.39 is 0 Å². The lowest BCUT2D eigenvalue weighted by Crippen LogP contribution is -2.06. The third-order valence-electron chi connectivity index (χ3n) is 5.83. The maximum absolute atomic E-state index is 5.16. The molecule has 2 fully saturated rings. The second-order valence-electron chi connectivity index (χ2n) is 7.70. The van der Waals surface area contributed by atoms with E-state index in [1.807, 2.05) is 0 Å². The number of nitrogens with zero attached hydrogens (tertiary/aromatic N) is 2. The highest BCUT2D eigenvalue weighted by atomic mass is 14.8. The molecule has 25 heavy (non-hydrogen) atoms. The van der Waals surface area contributed by atoms with Crippen molar-refractivity contribution in [2.24, 2.45) is 9.98 Å². The Morgan fingerprint density at radius 1 is 0.680 bits per heavy atom. The predicted octanol–water partition coefficient (Wildman–Crippen LogP) is 7.19. The topological polar surface area (TPSA) is 24.7 Å². The van der Waals surface area contributed by atoms with Crippen molar-refractivity contribution in [3.05, 3.63) is 22.8 Å². The summed E-state index contributed by atoms with van der Waals surface area (Å²) in [7, 11) is 0. The zero-order valence-corrected chi connectivity index (χ0v) is 16.5. The highest BCUT2D eigenvalue weighted by Crippen LogP contribution is 2.38. The molecule has 0 amide bonds. The van der Waals surface area contributed by atoms with Crippen LogP contribution < -0.4 is 0 Å². The lowest BCUT2D eigenvalue weighted by molar-refractivity contribution is 0.666. The van der Waals surface area contributed by atoms with Gasteiger partial charge >= 0.3 is 0 Å². The first-order valence-corrected chi connectivity index (χ1v) is 10.5. The van der Waals surface area contributed by atoms with E-state index >= 15 is 0 Å². The maximum Gasteiger partial charge on any atom is 0.0711 e. The van der Waals surface area contributed by atoms with E-state index in [1.165, 1.54) is 104 Å². The quantitative estimate of drug-likeness (QED) is 0.555. The van der Waals surface area contributed by atoms with Gasteiger partial charge in [0.05, 0.1) is 11.4 Å². The van der Waals surface area contributed by atoms with Crippen LogP contribution in [-0.2, 0) is 12.8 Å². The SMILES string of the molecule is CCc1cc(CC)c(N=C2CCCCC2)c(C)c1N=C1CCCCC1. The molecule has 2 aliphatic carbocycles. The van der Waals surface area contributed by atoms with Gasteiger partial charge in [-0.05, 0) is 82.3 Å². The molecule has 1 aromatic carbocycles. The monoisotopic (exact) mass is 338 g/mol. The molecular formula is C23H34N2. The molecule has 136 valence electrons. The molecular weight excluding hydrogens is 304 g/mol. The fourth-order valence-electron chi connectivity index (χ4n) is 4.25. The largest absolute Gasteiger partial charge is 0.257 e. The molecule has 0 aliphatic heterocycles. The van der Waals surface area contributed by atoms with Gasteiger partial charge in [0.25, 0.3) is 0 Å². The van der Waals surface area contributed by atoms with Gasteiger partial charge in [0, 0.05) is 17.0 Å². The summed E-state index contributed by atoms with van der Waals surface area (Å²) in [6.45, 7) is 6.76.